The summed E-state index contributed by atoms with van der Waals surface area (Å²) in [5, 5.41) is 11.7. The maximum atomic E-state index is 14.7. The van der Waals surface area contributed by atoms with E-state index in [0.29, 0.717) is 27.2 Å². The van der Waals surface area contributed by atoms with Gasteiger partial charge in [-0.2, -0.15) is 0 Å². The van der Waals surface area contributed by atoms with E-state index in [1.54, 1.807) is 31.2 Å². The lowest BCUT2D eigenvalue weighted by atomic mass is 9.98. The van der Waals surface area contributed by atoms with Gasteiger partial charge < -0.3 is 9.47 Å². The third kappa shape index (κ3) is 5.27. The number of halogens is 2. The second-order valence-electron chi connectivity index (χ2n) is 6.93. The molecule has 0 aliphatic heterocycles. The number of rotatable bonds is 7. The van der Waals surface area contributed by atoms with Gasteiger partial charge in [0.05, 0.1) is 18.2 Å². The van der Waals surface area contributed by atoms with E-state index in [2.05, 4.69) is 20.5 Å². The third-order valence-corrected chi connectivity index (χ3v) is 5.66. The molecular formula is C23H18ClFN4O3S. The Bertz CT molecular complexity index is 1300. The Morgan fingerprint density at radius 1 is 1.18 bits per heavy atom. The number of hydrogen-bond donors (Lipinski definition) is 1. The topological polar surface area (TPSA) is 86.2 Å². The molecule has 7 nitrogen and oxygen atoms in total. The van der Waals surface area contributed by atoms with E-state index in [-0.39, 0.29) is 22.9 Å². The van der Waals surface area contributed by atoms with Gasteiger partial charge in [0, 0.05) is 22.5 Å². The molecule has 0 aliphatic carbocycles. The van der Waals surface area contributed by atoms with Gasteiger partial charge in [0.25, 0.3) is 11.1 Å². The minimum absolute atomic E-state index is 0.169. The minimum Gasteiger partial charge on any atom is -0.496 e. The summed E-state index contributed by atoms with van der Waals surface area (Å²) < 4.78 is 25.6. The van der Waals surface area contributed by atoms with E-state index in [1.165, 1.54) is 25.4 Å². The number of carbonyl (C=O) groups is 1. The molecule has 0 fully saturated rings. The number of anilines is 1. The summed E-state index contributed by atoms with van der Waals surface area (Å²) in [4.78, 5) is 17.2. The molecule has 4 aromatic rings. The van der Waals surface area contributed by atoms with Gasteiger partial charge in [-0.15, -0.1) is 5.10 Å². The van der Waals surface area contributed by atoms with Crippen LogP contribution in [0.2, 0.25) is 5.02 Å². The third-order valence-electron chi connectivity index (χ3n) is 4.65. The predicted octanol–water partition coefficient (Wildman–Crippen LogP) is 5.54. The molecular weight excluding hydrogens is 467 g/mol. The first-order valence-corrected chi connectivity index (χ1v) is 11.0. The highest BCUT2D eigenvalue weighted by atomic mass is 35.5. The number of benzene rings is 2. The van der Waals surface area contributed by atoms with Crippen LogP contribution in [0.3, 0.4) is 0 Å². The zero-order chi connectivity index (χ0) is 23.4. The van der Waals surface area contributed by atoms with Gasteiger partial charge in [-0.1, -0.05) is 34.9 Å². The number of ether oxygens (including phenoxy) is 2. The van der Waals surface area contributed by atoms with Gasteiger partial charge in [-0.25, -0.2) is 4.39 Å². The van der Waals surface area contributed by atoms with Crippen LogP contribution < -0.4 is 14.8 Å². The SMILES string of the molecule is COc1cccc(F)c1-c1cc(C)ncc1C(=O)Nc1nnc(OCc2ccc(Cl)cc2)s1. The quantitative estimate of drug-likeness (QED) is 0.370. The van der Waals surface area contributed by atoms with Gasteiger partial charge in [-0.3, -0.25) is 15.1 Å². The van der Waals surface area contributed by atoms with Gasteiger partial charge >= 0.3 is 0 Å². The highest BCUT2D eigenvalue weighted by Gasteiger charge is 2.21. The number of aromatic nitrogens is 3. The highest BCUT2D eigenvalue weighted by molar-refractivity contribution is 7.17. The molecule has 0 radical (unpaired) electrons. The maximum absolute atomic E-state index is 14.7. The normalized spacial score (nSPS) is 10.7. The molecule has 1 N–H and O–H groups in total. The van der Waals surface area contributed by atoms with Crippen molar-refractivity contribution in [1.82, 2.24) is 15.2 Å². The van der Waals surface area contributed by atoms with Gasteiger partial charge in [0.1, 0.15) is 18.2 Å². The van der Waals surface area contributed by atoms with Crippen LogP contribution in [0.25, 0.3) is 11.1 Å². The molecule has 0 unspecified atom stereocenters. The standard InChI is InChI=1S/C23H18ClFN4O3S/c1-13-10-16(20-18(25)4-3-5-19(20)31-2)17(11-26-13)21(30)27-22-28-29-23(33-22)32-12-14-6-8-15(24)9-7-14/h3-11H,12H2,1-2H3,(H,27,28,30). The first-order valence-electron chi connectivity index (χ1n) is 9.76. The molecule has 0 saturated heterocycles. The summed E-state index contributed by atoms with van der Waals surface area (Å²) >= 11 is 6.95. The van der Waals surface area contributed by atoms with Crippen molar-refractivity contribution in [1.29, 1.82) is 0 Å². The second kappa shape index (κ2) is 9.93. The van der Waals surface area contributed by atoms with Gasteiger partial charge in [0.15, 0.2) is 0 Å². The second-order valence-corrected chi connectivity index (χ2v) is 8.31. The largest absolute Gasteiger partial charge is 0.496 e. The Labute approximate surface area is 198 Å². The van der Waals surface area contributed by atoms with Crippen LogP contribution in [0, 0.1) is 12.7 Å². The average molecular weight is 485 g/mol. The molecule has 10 heteroatoms. The van der Waals surface area contributed by atoms with Crippen LogP contribution in [0.1, 0.15) is 21.6 Å². The number of aryl methyl sites for hydroxylation is 1. The van der Waals surface area contributed by atoms with Crippen molar-refractivity contribution >= 4 is 34.0 Å². The molecule has 0 bridgehead atoms. The van der Waals surface area contributed by atoms with Crippen LogP contribution in [0.4, 0.5) is 9.52 Å². The van der Waals surface area contributed by atoms with Crippen molar-refractivity contribution in [3.63, 3.8) is 0 Å². The van der Waals surface area contributed by atoms with Crippen LogP contribution >= 0.6 is 22.9 Å². The van der Waals surface area contributed by atoms with Crippen molar-refractivity contribution in [2.75, 3.05) is 12.4 Å². The highest BCUT2D eigenvalue weighted by Crippen LogP contribution is 2.35. The van der Waals surface area contributed by atoms with Gasteiger partial charge in [0.2, 0.25) is 5.13 Å². The molecule has 2 aromatic carbocycles. The van der Waals surface area contributed by atoms with Crippen LogP contribution in [-0.2, 0) is 6.61 Å². The van der Waals surface area contributed by atoms with Crippen LogP contribution in [-0.4, -0.2) is 28.2 Å². The Morgan fingerprint density at radius 3 is 2.73 bits per heavy atom. The molecule has 4 rings (SSSR count). The number of hydrogen-bond acceptors (Lipinski definition) is 7. The molecule has 1 amide bonds. The average Bonchev–Trinajstić information content (AvgIpc) is 3.25. The number of pyridine rings is 1. The number of nitrogens with zero attached hydrogens (tertiary/aromatic N) is 3. The summed E-state index contributed by atoms with van der Waals surface area (Å²) in [5.41, 5.74) is 2.25. The molecule has 0 saturated carbocycles. The fraction of sp³-hybridized carbons (Fsp3) is 0.130. The lowest BCUT2D eigenvalue weighted by molar-refractivity contribution is 0.102. The van der Waals surface area contributed by atoms with Crippen molar-refractivity contribution in [2.45, 2.75) is 13.5 Å². The Morgan fingerprint density at radius 2 is 1.97 bits per heavy atom. The van der Waals surface area contributed by atoms with E-state index in [1.807, 2.05) is 12.1 Å². The van der Waals surface area contributed by atoms with E-state index >= 15 is 0 Å². The Balaban J connectivity index is 1.54. The molecule has 33 heavy (non-hydrogen) atoms. The molecule has 2 aromatic heterocycles. The first-order chi connectivity index (χ1) is 15.9. The van der Waals surface area contributed by atoms with Gasteiger partial charge in [-0.05, 0) is 54.2 Å². The fourth-order valence-corrected chi connectivity index (χ4v) is 3.81. The summed E-state index contributed by atoms with van der Waals surface area (Å²) in [6.07, 6.45) is 1.39. The maximum Gasteiger partial charge on any atom is 0.296 e. The number of methoxy groups -OCH3 is 1. The first kappa shape index (κ1) is 22.6. The molecule has 0 aliphatic rings. The van der Waals surface area contributed by atoms with Crippen molar-refractivity contribution in [3.8, 4) is 22.1 Å². The predicted molar refractivity (Wildman–Crippen MR) is 125 cm³/mol. The number of nitrogens with one attached hydrogen (secondary N) is 1. The summed E-state index contributed by atoms with van der Waals surface area (Å²) in [5.74, 6) is -0.713. The molecule has 168 valence electrons. The zero-order valence-electron chi connectivity index (χ0n) is 17.6. The van der Waals surface area contributed by atoms with Crippen LogP contribution in [0.15, 0.2) is 54.7 Å². The molecule has 2 heterocycles. The monoisotopic (exact) mass is 484 g/mol. The molecule has 0 spiro atoms. The minimum atomic E-state index is -0.511. The lowest BCUT2D eigenvalue weighted by Crippen LogP contribution is -2.14. The zero-order valence-corrected chi connectivity index (χ0v) is 19.2. The molecule has 0 atom stereocenters. The smallest absolute Gasteiger partial charge is 0.296 e. The number of amides is 1. The fourth-order valence-electron chi connectivity index (χ4n) is 3.09. The van der Waals surface area contributed by atoms with E-state index in [4.69, 9.17) is 21.1 Å². The van der Waals surface area contributed by atoms with Crippen molar-refractivity contribution in [2.24, 2.45) is 0 Å². The summed E-state index contributed by atoms with van der Waals surface area (Å²) in [7, 11) is 1.44. The van der Waals surface area contributed by atoms with E-state index in [0.717, 1.165) is 16.9 Å². The Hall–Kier alpha value is -3.56. The summed E-state index contributed by atoms with van der Waals surface area (Å²) in [6.45, 7) is 2.03. The lowest BCUT2D eigenvalue weighted by Gasteiger charge is -2.14. The van der Waals surface area contributed by atoms with Crippen molar-refractivity contribution in [3.05, 3.63) is 82.4 Å². The Kier molecular flexibility index (Phi) is 6.81. The van der Waals surface area contributed by atoms with Crippen LogP contribution in [0.5, 0.6) is 10.9 Å². The number of carbonyl (C=O) groups excluding carboxylic acids is 1. The van der Waals surface area contributed by atoms with Crippen molar-refractivity contribution < 1.29 is 18.7 Å². The summed E-state index contributed by atoms with van der Waals surface area (Å²) in [6, 6.07) is 13.3. The van der Waals surface area contributed by atoms with E-state index in [9.17, 15) is 9.18 Å². The van der Waals surface area contributed by atoms with E-state index < -0.39 is 11.7 Å².